The third-order valence-electron chi connectivity index (χ3n) is 2.83. The van der Waals surface area contributed by atoms with Gasteiger partial charge in [-0.2, -0.15) is 0 Å². The highest BCUT2D eigenvalue weighted by Gasteiger charge is 2.22. The number of hydrogen-bond acceptors (Lipinski definition) is 5. The number of nitrogens with one attached hydrogen (secondary N) is 2. The fourth-order valence-corrected chi connectivity index (χ4v) is 1.86. The van der Waals surface area contributed by atoms with E-state index in [1.54, 1.807) is 0 Å². The van der Waals surface area contributed by atoms with Gasteiger partial charge in [0.05, 0.1) is 6.21 Å². The Morgan fingerprint density at radius 2 is 2.20 bits per heavy atom. The van der Waals surface area contributed by atoms with Crippen LogP contribution in [0.4, 0.5) is 0 Å². The highest BCUT2D eigenvalue weighted by Crippen LogP contribution is 2.11. The quantitative estimate of drug-likeness (QED) is 0.434. The molecule has 0 radical (unpaired) electrons. The largest absolute Gasteiger partial charge is 0.481 e. The predicted molar refractivity (Wildman–Crippen MR) is 74.1 cm³/mol. The number of benzene rings is 1. The van der Waals surface area contributed by atoms with Crippen molar-refractivity contribution in [2.75, 3.05) is 6.54 Å². The number of carbonyl (C=O) groups is 1. The predicted octanol–water partition coefficient (Wildman–Crippen LogP) is 0.983. The van der Waals surface area contributed by atoms with Crippen molar-refractivity contribution < 1.29 is 14.7 Å². The molecular formula is C14H17N3O3. The Morgan fingerprint density at radius 3 is 2.90 bits per heavy atom. The molecule has 1 aliphatic heterocycles. The number of hydrogen-bond donors (Lipinski definition) is 3. The molecule has 1 heterocycles. The van der Waals surface area contributed by atoms with E-state index < -0.39 is 0 Å². The second kappa shape index (κ2) is 6.60. The molecule has 0 saturated carbocycles. The summed E-state index contributed by atoms with van der Waals surface area (Å²) < 4.78 is 5.58. The normalized spacial score (nSPS) is 19.4. The molecule has 0 saturated heterocycles. The first-order valence-electron chi connectivity index (χ1n) is 6.34. The molecule has 2 rings (SSSR count). The van der Waals surface area contributed by atoms with E-state index in [1.165, 1.54) is 6.21 Å². The Balaban J connectivity index is 2.18. The monoisotopic (exact) mass is 275 g/mol. The molecule has 0 bridgehead atoms. The second-order valence-electron chi connectivity index (χ2n) is 4.52. The number of carbonyl (C=O) groups excluding carboxylic acids is 1. The van der Waals surface area contributed by atoms with Crippen molar-refractivity contribution in [2.24, 2.45) is 5.16 Å². The van der Waals surface area contributed by atoms with Crippen molar-refractivity contribution in [3.05, 3.63) is 47.4 Å². The summed E-state index contributed by atoms with van der Waals surface area (Å²) >= 11 is 0. The van der Waals surface area contributed by atoms with E-state index in [-0.39, 0.29) is 24.3 Å². The van der Waals surface area contributed by atoms with Crippen LogP contribution in [0.2, 0.25) is 0 Å². The first-order chi connectivity index (χ1) is 9.70. The van der Waals surface area contributed by atoms with Gasteiger partial charge in [-0.25, -0.2) is 0 Å². The van der Waals surface area contributed by atoms with E-state index in [0.717, 1.165) is 5.56 Å². The van der Waals surface area contributed by atoms with Crippen molar-refractivity contribution in [3.63, 3.8) is 0 Å². The van der Waals surface area contributed by atoms with E-state index >= 15 is 0 Å². The molecule has 0 aromatic heterocycles. The first kappa shape index (κ1) is 13.9. The minimum atomic E-state index is -0.326. The molecule has 1 unspecified atom stereocenters. The Hall–Kier alpha value is -2.50. The fraction of sp³-hybridized carbons (Fsp3) is 0.286. The summed E-state index contributed by atoms with van der Waals surface area (Å²) in [5, 5.41) is 17.5. The second-order valence-corrected chi connectivity index (χ2v) is 4.52. The zero-order chi connectivity index (χ0) is 14.4. The van der Waals surface area contributed by atoms with Gasteiger partial charge >= 0.3 is 0 Å². The Bertz CT molecular complexity index is 526. The molecule has 6 heteroatoms. The molecule has 1 amide bonds. The lowest BCUT2D eigenvalue weighted by atomic mass is 10.2. The van der Waals surface area contributed by atoms with Gasteiger partial charge in [0.1, 0.15) is 12.3 Å². The van der Waals surface area contributed by atoms with Gasteiger partial charge in [-0.15, -0.1) is 0 Å². The third kappa shape index (κ3) is 3.50. The summed E-state index contributed by atoms with van der Waals surface area (Å²) in [6.07, 6.45) is 1.17. The average Bonchev–Trinajstić information content (AvgIpc) is 2.58. The van der Waals surface area contributed by atoms with Crippen LogP contribution < -0.4 is 10.6 Å². The Labute approximate surface area is 117 Å². The van der Waals surface area contributed by atoms with Crippen LogP contribution >= 0.6 is 0 Å². The molecule has 1 aliphatic rings. The van der Waals surface area contributed by atoms with Gasteiger partial charge in [0.2, 0.25) is 5.76 Å². The molecule has 3 N–H and O–H groups in total. The van der Waals surface area contributed by atoms with Crippen molar-refractivity contribution in [1.82, 2.24) is 10.6 Å². The van der Waals surface area contributed by atoms with Gasteiger partial charge < -0.3 is 20.6 Å². The van der Waals surface area contributed by atoms with Crippen molar-refractivity contribution in [2.45, 2.75) is 19.6 Å². The molecule has 20 heavy (non-hydrogen) atoms. The summed E-state index contributed by atoms with van der Waals surface area (Å²) in [4.78, 5) is 12.0. The minimum absolute atomic E-state index is 0.0183. The summed E-state index contributed by atoms with van der Waals surface area (Å²) in [6, 6.07) is 9.54. The molecule has 0 aliphatic carbocycles. The van der Waals surface area contributed by atoms with Crippen LogP contribution in [0.25, 0.3) is 0 Å². The number of ether oxygens (including phenoxy) is 1. The number of amides is 1. The Morgan fingerprint density at radius 1 is 1.45 bits per heavy atom. The lowest BCUT2D eigenvalue weighted by Gasteiger charge is -2.12. The maximum Gasteiger partial charge on any atom is 0.288 e. The molecule has 0 spiro atoms. The maximum atomic E-state index is 12.0. The van der Waals surface area contributed by atoms with E-state index in [4.69, 9.17) is 9.94 Å². The van der Waals surface area contributed by atoms with Gasteiger partial charge in [0.15, 0.2) is 0 Å². The van der Waals surface area contributed by atoms with Crippen LogP contribution in [-0.2, 0) is 16.1 Å². The van der Waals surface area contributed by atoms with Crippen LogP contribution in [0.5, 0.6) is 0 Å². The van der Waals surface area contributed by atoms with Gasteiger partial charge in [0, 0.05) is 12.6 Å². The molecule has 1 atom stereocenters. The minimum Gasteiger partial charge on any atom is -0.481 e. The lowest BCUT2D eigenvalue weighted by molar-refractivity contribution is -0.121. The third-order valence-corrected chi connectivity index (χ3v) is 2.83. The van der Waals surface area contributed by atoms with E-state index in [2.05, 4.69) is 15.8 Å². The maximum absolute atomic E-state index is 12.0. The molecular weight excluding hydrogens is 258 g/mol. The molecule has 6 nitrogen and oxygen atoms in total. The molecule has 0 fully saturated rings. The van der Waals surface area contributed by atoms with Gasteiger partial charge in [0.25, 0.3) is 5.91 Å². The highest BCUT2D eigenvalue weighted by atomic mass is 16.5. The van der Waals surface area contributed by atoms with Crippen molar-refractivity contribution in [1.29, 1.82) is 0 Å². The number of nitrogens with zero attached hydrogens (tertiary/aromatic N) is 1. The van der Waals surface area contributed by atoms with Gasteiger partial charge in [-0.05, 0) is 12.5 Å². The molecule has 106 valence electrons. The average molecular weight is 275 g/mol. The SMILES string of the molecule is CC1CNC(=O)C(OCc2ccccc2)=C(/C=N/O)N1. The van der Waals surface area contributed by atoms with Crippen LogP contribution in [0.15, 0.2) is 46.9 Å². The topological polar surface area (TPSA) is 83.0 Å². The van der Waals surface area contributed by atoms with E-state index in [1.807, 2.05) is 37.3 Å². The first-order valence-corrected chi connectivity index (χ1v) is 6.34. The van der Waals surface area contributed by atoms with Gasteiger partial charge in [-0.3, -0.25) is 4.79 Å². The number of oxime groups is 1. The van der Waals surface area contributed by atoms with Gasteiger partial charge in [-0.1, -0.05) is 35.5 Å². The van der Waals surface area contributed by atoms with Crippen molar-refractivity contribution in [3.8, 4) is 0 Å². The Kier molecular flexibility index (Phi) is 4.60. The van der Waals surface area contributed by atoms with E-state index in [0.29, 0.717) is 12.2 Å². The zero-order valence-corrected chi connectivity index (χ0v) is 11.2. The van der Waals surface area contributed by atoms with Crippen LogP contribution in [0.3, 0.4) is 0 Å². The number of rotatable bonds is 4. The summed E-state index contributed by atoms with van der Waals surface area (Å²) in [5.41, 5.74) is 1.32. The lowest BCUT2D eigenvalue weighted by Crippen LogP contribution is -2.34. The summed E-state index contributed by atoms with van der Waals surface area (Å²) in [7, 11) is 0. The van der Waals surface area contributed by atoms with Crippen LogP contribution in [0.1, 0.15) is 12.5 Å². The number of allylic oxidation sites excluding steroid dienone is 1. The molecule has 1 aromatic carbocycles. The summed E-state index contributed by atoms with van der Waals surface area (Å²) in [6.45, 7) is 2.65. The standard InChI is InChI=1S/C14H17N3O3/c1-10-7-15-14(18)13(12(17-10)8-16-19)20-9-11-5-3-2-4-6-11/h2-6,8,10,17,19H,7,9H2,1H3,(H,15,18)/b16-8+. The highest BCUT2D eigenvalue weighted by molar-refractivity contribution is 5.98. The molecule has 1 aromatic rings. The zero-order valence-electron chi connectivity index (χ0n) is 11.2. The van der Waals surface area contributed by atoms with Crippen molar-refractivity contribution >= 4 is 12.1 Å². The fourth-order valence-electron chi connectivity index (χ4n) is 1.86. The van der Waals surface area contributed by atoms with Crippen LogP contribution in [-0.4, -0.2) is 29.9 Å². The van der Waals surface area contributed by atoms with Crippen LogP contribution in [0, 0.1) is 0 Å². The summed E-state index contributed by atoms with van der Waals surface area (Å²) in [5.74, 6) is -0.205. The smallest absolute Gasteiger partial charge is 0.288 e. The van der Waals surface area contributed by atoms with E-state index in [9.17, 15) is 4.79 Å².